The van der Waals surface area contributed by atoms with E-state index >= 15 is 0 Å². The molecule has 0 radical (unpaired) electrons. The Labute approximate surface area is 200 Å². The summed E-state index contributed by atoms with van der Waals surface area (Å²) in [5, 5.41) is 9.32. The first-order valence-electron chi connectivity index (χ1n) is 10.3. The summed E-state index contributed by atoms with van der Waals surface area (Å²) in [7, 11) is 0. The molecule has 176 valence electrons. The highest BCUT2D eigenvalue weighted by Gasteiger charge is 2.30. The Balaban J connectivity index is 1.70. The first-order valence-corrected chi connectivity index (χ1v) is 12.1. The van der Waals surface area contributed by atoms with Crippen molar-refractivity contribution in [3.05, 3.63) is 75.7 Å². The summed E-state index contributed by atoms with van der Waals surface area (Å²) in [5.74, 6) is 0.150. The monoisotopic (exact) mass is 494 g/mol. The van der Waals surface area contributed by atoms with Gasteiger partial charge in [-0.25, -0.2) is 4.79 Å². The van der Waals surface area contributed by atoms with Gasteiger partial charge in [0.2, 0.25) is 0 Å². The first-order chi connectivity index (χ1) is 15.3. The molecule has 8 heteroatoms. The lowest BCUT2D eigenvalue weighted by molar-refractivity contribution is -0.152. The summed E-state index contributed by atoms with van der Waals surface area (Å²) in [6.45, 7) is 7.00. The van der Waals surface area contributed by atoms with Gasteiger partial charge in [0, 0.05) is 15.6 Å². The van der Waals surface area contributed by atoms with Crippen LogP contribution in [0.2, 0.25) is 0 Å². The summed E-state index contributed by atoms with van der Waals surface area (Å²) >= 11 is 3.19. The number of allylic oxidation sites excluding steroid dienone is 2. The van der Waals surface area contributed by atoms with Crippen LogP contribution in [-0.4, -0.2) is 22.4 Å². The van der Waals surface area contributed by atoms with Gasteiger partial charge in [-0.2, -0.15) is 13.2 Å². The van der Waals surface area contributed by atoms with E-state index in [0.717, 1.165) is 44.4 Å². The minimum Gasteiger partial charge on any atom is -0.478 e. The molecule has 0 fully saturated rings. The number of alkyl halides is 3. The zero-order valence-corrected chi connectivity index (χ0v) is 20.4. The minimum atomic E-state index is -4.35. The van der Waals surface area contributed by atoms with Gasteiger partial charge in [0.25, 0.3) is 0 Å². The second kappa shape index (κ2) is 9.89. The largest absolute Gasteiger partial charge is 0.478 e. The molecule has 3 nitrogen and oxygen atoms in total. The Morgan fingerprint density at radius 3 is 2.39 bits per heavy atom. The first kappa shape index (κ1) is 25.3. The van der Waals surface area contributed by atoms with Gasteiger partial charge in [-0.05, 0) is 80.5 Å². The SMILES string of the molecule is CC1=C(CSc2cc(C)cc(OC(C)(C)C(=O)O)c2)SC(c2ccc(C(F)(F)F)cc2)=CC1. The Bertz CT molecular complexity index is 1100. The van der Waals surface area contributed by atoms with Crippen molar-refractivity contribution in [2.45, 2.75) is 50.8 Å². The fraction of sp³-hybridized carbons (Fsp3) is 0.320. The molecule has 0 spiro atoms. The van der Waals surface area contributed by atoms with Crippen molar-refractivity contribution in [1.29, 1.82) is 0 Å². The van der Waals surface area contributed by atoms with Gasteiger partial charge in [-0.3, -0.25) is 0 Å². The van der Waals surface area contributed by atoms with Gasteiger partial charge in [0.15, 0.2) is 5.60 Å². The van der Waals surface area contributed by atoms with Crippen LogP contribution < -0.4 is 4.74 Å². The van der Waals surface area contributed by atoms with Gasteiger partial charge in [-0.1, -0.05) is 35.5 Å². The predicted octanol–water partition coefficient (Wildman–Crippen LogP) is 7.80. The van der Waals surface area contributed by atoms with Crippen LogP contribution in [0.5, 0.6) is 5.75 Å². The van der Waals surface area contributed by atoms with Crippen LogP contribution in [0.25, 0.3) is 4.91 Å². The average molecular weight is 495 g/mol. The summed E-state index contributed by atoms with van der Waals surface area (Å²) in [6, 6.07) is 10.9. The van der Waals surface area contributed by atoms with Gasteiger partial charge in [-0.15, -0.1) is 11.8 Å². The van der Waals surface area contributed by atoms with Crippen molar-refractivity contribution in [3.63, 3.8) is 0 Å². The van der Waals surface area contributed by atoms with E-state index in [1.807, 2.05) is 25.1 Å². The molecule has 1 aliphatic heterocycles. The number of aliphatic carboxylic acids is 1. The zero-order valence-electron chi connectivity index (χ0n) is 18.7. The summed E-state index contributed by atoms with van der Waals surface area (Å²) in [4.78, 5) is 14.4. The Morgan fingerprint density at radius 2 is 1.79 bits per heavy atom. The molecule has 1 N–H and O–H groups in total. The van der Waals surface area contributed by atoms with Crippen LogP contribution in [0.4, 0.5) is 13.2 Å². The number of carboxylic acids is 1. The normalized spacial score (nSPS) is 14.8. The van der Waals surface area contributed by atoms with Crippen molar-refractivity contribution in [2.75, 3.05) is 5.75 Å². The smallest absolute Gasteiger partial charge is 0.416 e. The maximum absolute atomic E-state index is 12.9. The highest BCUT2D eigenvalue weighted by atomic mass is 32.2. The number of aryl methyl sites for hydroxylation is 1. The third-order valence-corrected chi connectivity index (χ3v) is 7.63. The number of carbonyl (C=O) groups is 1. The third-order valence-electron chi connectivity index (χ3n) is 5.08. The molecular weight excluding hydrogens is 469 g/mol. The van der Waals surface area contributed by atoms with E-state index in [9.17, 15) is 23.1 Å². The minimum absolute atomic E-state index is 0.497. The molecule has 1 heterocycles. The molecule has 0 aromatic heterocycles. The number of carboxylic acid groups (broad SMARTS) is 1. The van der Waals surface area contributed by atoms with E-state index in [0.29, 0.717) is 11.5 Å². The Hall–Kier alpha value is -2.32. The van der Waals surface area contributed by atoms with E-state index in [4.69, 9.17) is 4.74 Å². The third kappa shape index (κ3) is 6.60. The summed E-state index contributed by atoms with van der Waals surface area (Å²) in [5.41, 5.74) is 0.960. The van der Waals surface area contributed by atoms with E-state index < -0.39 is 23.3 Å². The van der Waals surface area contributed by atoms with Crippen molar-refractivity contribution in [2.24, 2.45) is 0 Å². The Morgan fingerprint density at radius 1 is 1.12 bits per heavy atom. The lowest BCUT2D eigenvalue weighted by Crippen LogP contribution is -2.37. The molecule has 0 aliphatic carbocycles. The lowest BCUT2D eigenvalue weighted by atomic mass is 10.1. The molecule has 0 atom stereocenters. The van der Waals surface area contributed by atoms with E-state index in [-0.39, 0.29) is 0 Å². The van der Waals surface area contributed by atoms with Gasteiger partial charge >= 0.3 is 12.1 Å². The number of rotatable bonds is 7. The zero-order chi connectivity index (χ0) is 24.4. The maximum Gasteiger partial charge on any atom is 0.416 e. The molecule has 0 saturated heterocycles. The number of thioether (sulfide) groups is 2. The van der Waals surface area contributed by atoms with Crippen molar-refractivity contribution >= 4 is 34.4 Å². The summed E-state index contributed by atoms with van der Waals surface area (Å²) in [6.07, 6.45) is -1.56. The second-order valence-electron chi connectivity index (χ2n) is 8.34. The number of halogens is 3. The quantitative estimate of drug-likeness (QED) is 0.398. The highest BCUT2D eigenvalue weighted by molar-refractivity contribution is 8.13. The number of hydrogen-bond acceptors (Lipinski definition) is 4. The van der Waals surface area contributed by atoms with E-state index in [2.05, 4.69) is 6.92 Å². The van der Waals surface area contributed by atoms with E-state index in [1.165, 1.54) is 31.6 Å². The molecule has 33 heavy (non-hydrogen) atoms. The maximum atomic E-state index is 12.9. The topological polar surface area (TPSA) is 46.5 Å². The number of benzene rings is 2. The van der Waals surface area contributed by atoms with Crippen LogP contribution in [0.1, 0.15) is 43.9 Å². The van der Waals surface area contributed by atoms with Crippen molar-refractivity contribution in [3.8, 4) is 5.75 Å². The second-order valence-corrected chi connectivity index (χ2v) is 10.5. The highest BCUT2D eigenvalue weighted by Crippen LogP contribution is 2.43. The number of ether oxygens (including phenoxy) is 1. The Kier molecular flexibility index (Phi) is 7.59. The average Bonchev–Trinajstić information content (AvgIpc) is 2.72. The van der Waals surface area contributed by atoms with Gasteiger partial charge in [0.05, 0.1) is 5.56 Å². The fourth-order valence-corrected chi connectivity index (χ4v) is 5.49. The van der Waals surface area contributed by atoms with Crippen molar-refractivity contribution in [1.82, 2.24) is 0 Å². The fourth-order valence-electron chi connectivity index (χ4n) is 3.12. The van der Waals surface area contributed by atoms with Crippen LogP contribution in [0, 0.1) is 6.92 Å². The molecule has 2 aromatic rings. The molecule has 0 saturated carbocycles. The molecule has 0 bridgehead atoms. The molecule has 0 amide bonds. The van der Waals surface area contributed by atoms with E-state index in [1.54, 1.807) is 29.6 Å². The standard InChI is InChI=1S/C25H25F3O3S2/c1-15-11-19(31-24(3,4)23(29)30)13-20(12-15)32-14-22-16(2)5-10-21(33-22)17-6-8-18(9-7-17)25(26,27)28/h6-13H,5,14H2,1-4H3,(H,29,30). The molecule has 1 aliphatic rings. The van der Waals surface area contributed by atoms with Crippen LogP contribution in [0.3, 0.4) is 0 Å². The van der Waals surface area contributed by atoms with Gasteiger partial charge in [0.1, 0.15) is 5.75 Å². The summed E-state index contributed by atoms with van der Waals surface area (Å²) < 4.78 is 44.3. The predicted molar refractivity (Wildman–Crippen MR) is 129 cm³/mol. The molecular formula is C25H25F3O3S2. The molecule has 0 unspecified atom stereocenters. The van der Waals surface area contributed by atoms with Crippen LogP contribution >= 0.6 is 23.5 Å². The van der Waals surface area contributed by atoms with Crippen LogP contribution in [0.15, 0.2) is 63.9 Å². The molecule has 2 aromatic carbocycles. The van der Waals surface area contributed by atoms with Gasteiger partial charge < -0.3 is 9.84 Å². The lowest BCUT2D eigenvalue weighted by Gasteiger charge is -2.22. The molecule has 3 rings (SSSR count). The van der Waals surface area contributed by atoms with Crippen LogP contribution in [-0.2, 0) is 11.0 Å². The number of hydrogen-bond donors (Lipinski definition) is 1. The van der Waals surface area contributed by atoms with Crippen molar-refractivity contribution < 1.29 is 27.8 Å².